The molecule has 1 fully saturated rings. The van der Waals surface area contributed by atoms with Crippen LogP contribution in [-0.2, 0) is 0 Å². The van der Waals surface area contributed by atoms with Crippen molar-refractivity contribution >= 4 is 5.91 Å². The number of benzene rings is 2. The molecule has 2 aromatic rings. The van der Waals surface area contributed by atoms with Crippen LogP contribution in [0, 0.1) is 12.7 Å². The van der Waals surface area contributed by atoms with Gasteiger partial charge in [-0.05, 0) is 61.1 Å². The summed E-state index contributed by atoms with van der Waals surface area (Å²) < 4.78 is 13.6. The van der Waals surface area contributed by atoms with Crippen molar-refractivity contribution in [3.63, 3.8) is 0 Å². The van der Waals surface area contributed by atoms with Crippen LogP contribution in [0.25, 0.3) is 0 Å². The summed E-state index contributed by atoms with van der Waals surface area (Å²) in [6.07, 6.45) is 1.76. The highest BCUT2D eigenvalue weighted by molar-refractivity contribution is 5.94. The van der Waals surface area contributed by atoms with E-state index in [0.717, 1.165) is 12.8 Å². The molecule has 0 unspecified atom stereocenters. The minimum atomic E-state index is -0.338. The van der Waals surface area contributed by atoms with E-state index in [1.807, 2.05) is 12.1 Å². The lowest BCUT2D eigenvalue weighted by Gasteiger charge is -2.32. The number of piperidine rings is 1. The molecule has 0 aromatic heterocycles. The minimum Gasteiger partial charge on any atom is -0.508 e. The molecule has 0 bridgehead atoms. The van der Waals surface area contributed by atoms with Gasteiger partial charge in [0.2, 0.25) is 0 Å². The number of likely N-dealkylation sites (tertiary alicyclic amines) is 1. The van der Waals surface area contributed by atoms with E-state index in [9.17, 15) is 14.3 Å². The normalized spacial score (nSPS) is 15.7. The maximum Gasteiger partial charge on any atom is 0.253 e. The Morgan fingerprint density at radius 1 is 1.13 bits per heavy atom. The summed E-state index contributed by atoms with van der Waals surface area (Å²) >= 11 is 0. The fourth-order valence-corrected chi connectivity index (χ4v) is 3.07. The number of hydrogen-bond acceptors (Lipinski definition) is 2. The Kier molecular flexibility index (Phi) is 4.33. The highest BCUT2D eigenvalue weighted by Crippen LogP contribution is 2.29. The molecule has 1 aliphatic rings. The average molecular weight is 313 g/mol. The Morgan fingerprint density at radius 2 is 1.78 bits per heavy atom. The third-order valence-corrected chi connectivity index (χ3v) is 4.57. The quantitative estimate of drug-likeness (QED) is 0.914. The topological polar surface area (TPSA) is 40.5 Å². The summed E-state index contributed by atoms with van der Waals surface area (Å²) in [4.78, 5) is 14.3. The molecule has 1 aliphatic heterocycles. The molecule has 3 rings (SSSR count). The number of aryl methyl sites for hydroxylation is 1. The van der Waals surface area contributed by atoms with Gasteiger partial charge in [0.1, 0.15) is 11.6 Å². The summed E-state index contributed by atoms with van der Waals surface area (Å²) in [5.41, 5.74) is 2.15. The lowest BCUT2D eigenvalue weighted by Crippen LogP contribution is -2.38. The average Bonchev–Trinajstić information content (AvgIpc) is 2.57. The molecule has 3 nitrogen and oxygen atoms in total. The number of carbonyl (C=O) groups excluding carboxylic acids is 1. The summed E-state index contributed by atoms with van der Waals surface area (Å²) in [5.74, 6) is 0.222. The summed E-state index contributed by atoms with van der Waals surface area (Å²) in [6.45, 7) is 3.02. The predicted molar refractivity (Wildman–Crippen MR) is 87.1 cm³/mol. The molecule has 1 amide bonds. The second-order valence-corrected chi connectivity index (χ2v) is 6.12. The lowest BCUT2D eigenvalue weighted by atomic mass is 9.89. The Bertz CT molecular complexity index is 704. The largest absolute Gasteiger partial charge is 0.508 e. The smallest absolute Gasteiger partial charge is 0.253 e. The number of carbonyl (C=O) groups is 1. The van der Waals surface area contributed by atoms with Crippen LogP contribution >= 0.6 is 0 Å². The van der Waals surface area contributed by atoms with Gasteiger partial charge in [0.25, 0.3) is 5.91 Å². The van der Waals surface area contributed by atoms with E-state index in [0.29, 0.717) is 30.1 Å². The zero-order valence-electron chi connectivity index (χ0n) is 13.1. The molecular formula is C19H20FNO2. The zero-order valence-corrected chi connectivity index (χ0v) is 13.1. The molecule has 0 aliphatic carbocycles. The predicted octanol–water partition coefficient (Wildman–Crippen LogP) is 3.86. The molecule has 0 saturated carbocycles. The highest BCUT2D eigenvalue weighted by atomic mass is 19.1. The molecule has 23 heavy (non-hydrogen) atoms. The van der Waals surface area contributed by atoms with Crippen LogP contribution in [0.5, 0.6) is 5.75 Å². The van der Waals surface area contributed by atoms with Crippen molar-refractivity contribution in [3.8, 4) is 5.75 Å². The molecule has 0 radical (unpaired) electrons. The third-order valence-electron chi connectivity index (χ3n) is 4.57. The molecule has 2 aromatic carbocycles. The first-order valence-electron chi connectivity index (χ1n) is 7.89. The van der Waals surface area contributed by atoms with E-state index in [1.165, 1.54) is 11.6 Å². The van der Waals surface area contributed by atoms with Crippen molar-refractivity contribution in [2.24, 2.45) is 0 Å². The van der Waals surface area contributed by atoms with Crippen molar-refractivity contribution < 1.29 is 14.3 Å². The molecule has 0 spiro atoms. The Morgan fingerprint density at radius 3 is 2.39 bits per heavy atom. The van der Waals surface area contributed by atoms with Crippen molar-refractivity contribution in [2.45, 2.75) is 25.7 Å². The van der Waals surface area contributed by atoms with Gasteiger partial charge in [0, 0.05) is 18.7 Å². The first kappa shape index (κ1) is 15.5. The van der Waals surface area contributed by atoms with E-state index in [1.54, 1.807) is 36.1 Å². The Balaban J connectivity index is 1.65. The van der Waals surface area contributed by atoms with Gasteiger partial charge < -0.3 is 10.0 Å². The molecular weight excluding hydrogens is 293 g/mol. The molecule has 0 atom stereocenters. The SMILES string of the molecule is Cc1ccc(C(=O)N2CCC(c3ccc(O)cc3)CC2)cc1F. The molecule has 4 heteroatoms. The van der Waals surface area contributed by atoms with Gasteiger partial charge >= 0.3 is 0 Å². The first-order chi connectivity index (χ1) is 11.0. The second kappa shape index (κ2) is 6.41. The number of phenolic OH excluding ortho intramolecular Hbond substituents is 1. The number of amides is 1. The van der Waals surface area contributed by atoms with Gasteiger partial charge in [-0.3, -0.25) is 4.79 Å². The Labute approximate surface area is 135 Å². The zero-order chi connectivity index (χ0) is 16.4. The summed E-state index contributed by atoms with van der Waals surface area (Å²) in [6, 6.07) is 11.9. The van der Waals surface area contributed by atoms with Gasteiger partial charge in [-0.15, -0.1) is 0 Å². The molecule has 1 N–H and O–H groups in total. The van der Waals surface area contributed by atoms with E-state index < -0.39 is 0 Å². The number of hydrogen-bond donors (Lipinski definition) is 1. The maximum atomic E-state index is 13.6. The number of nitrogens with zero attached hydrogens (tertiary/aromatic N) is 1. The van der Waals surface area contributed by atoms with Gasteiger partial charge in [0.05, 0.1) is 0 Å². The van der Waals surface area contributed by atoms with E-state index in [4.69, 9.17) is 0 Å². The molecule has 1 heterocycles. The standard InChI is InChI=1S/C19H20FNO2/c1-13-2-3-16(12-18(13)20)19(23)21-10-8-15(9-11-21)14-4-6-17(22)7-5-14/h2-7,12,15,22H,8-11H2,1H3. The monoisotopic (exact) mass is 313 g/mol. The molecule has 1 saturated heterocycles. The van der Waals surface area contributed by atoms with Crippen LogP contribution in [0.1, 0.15) is 40.2 Å². The van der Waals surface area contributed by atoms with Crippen LogP contribution in [0.4, 0.5) is 4.39 Å². The number of rotatable bonds is 2. The van der Waals surface area contributed by atoms with Gasteiger partial charge in [0.15, 0.2) is 0 Å². The third kappa shape index (κ3) is 3.36. The van der Waals surface area contributed by atoms with Crippen LogP contribution in [0.15, 0.2) is 42.5 Å². The Hall–Kier alpha value is -2.36. The fourth-order valence-electron chi connectivity index (χ4n) is 3.07. The first-order valence-corrected chi connectivity index (χ1v) is 7.89. The van der Waals surface area contributed by atoms with Crippen LogP contribution in [0.2, 0.25) is 0 Å². The van der Waals surface area contributed by atoms with Gasteiger partial charge in [-0.1, -0.05) is 18.2 Å². The van der Waals surface area contributed by atoms with Gasteiger partial charge in [-0.25, -0.2) is 4.39 Å². The van der Waals surface area contributed by atoms with Crippen molar-refractivity contribution in [1.29, 1.82) is 0 Å². The number of halogens is 1. The second-order valence-electron chi connectivity index (χ2n) is 6.12. The summed E-state index contributed by atoms with van der Waals surface area (Å²) in [5, 5.41) is 9.35. The van der Waals surface area contributed by atoms with E-state index in [-0.39, 0.29) is 17.5 Å². The van der Waals surface area contributed by atoms with E-state index in [2.05, 4.69) is 0 Å². The van der Waals surface area contributed by atoms with Crippen molar-refractivity contribution in [1.82, 2.24) is 4.90 Å². The van der Waals surface area contributed by atoms with Crippen LogP contribution in [0.3, 0.4) is 0 Å². The fraction of sp³-hybridized carbons (Fsp3) is 0.316. The van der Waals surface area contributed by atoms with E-state index >= 15 is 0 Å². The van der Waals surface area contributed by atoms with Crippen molar-refractivity contribution in [3.05, 3.63) is 65.0 Å². The highest BCUT2D eigenvalue weighted by Gasteiger charge is 2.24. The number of phenols is 1. The van der Waals surface area contributed by atoms with Crippen LogP contribution in [-0.4, -0.2) is 29.0 Å². The minimum absolute atomic E-state index is 0.104. The van der Waals surface area contributed by atoms with Crippen molar-refractivity contribution in [2.75, 3.05) is 13.1 Å². The maximum absolute atomic E-state index is 13.6. The lowest BCUT2D eigenvalue weighted by molar-refractivity contribution is 0.0712. The van der Waals surface area contributed by atoms with Crippen LogP contribution < -0.4 is 0 Å². The van der Waals surface area contributed by atoms with Gasteiger partial charge in [-0.2, -0.15) is 0 Å². The number of aromatic hydroxyl groups is 1. The molecule has 120 valence electrons. The summed E-state index contributed by atoms with van der Waals surface area (Å²) in [7, 11) is 0.